The lowest BCUT2D eigenvalue weighted by Gasteiger charge is -2.62. The summed E-state index contributed by atoms with van der Waals surface area (Å²) in [5.41, 5.74) is -3.63. The van der Waals surface area contributed by atoms with E-state index in [1.54, 1.807) is 31.2 Å². The molecule has 0 amide bonds. The normalized spacial score (nSPS) is 41.9. The van der Waals surface area contributed by atoms with Crippen LogP contribution in [0.1, 0.15) is 38.7 Å². The fraction of sp³-hybridized carbons (Fsp3) is 0.586. The number of rotatable bonds is 6. The van der Waals surface area contributed by atoms with Gasteiger partial charge in [0.25, 0.3) is 0 Å². The van der Waals surface area contributed by atoms with E-state index in [1.807, 2.05) is 6.92 Å². The summed E-state index contributed by atoms with van der Waals surface area (Å²) in [5.74, 6) is -3.16. The van der Waals surface area contributed by atoms with Gasteiger partial charge in [-0.05, 0) is 78.9 Å². The highest BCUT2D eigenvalue weighted by Crippen LogP contribution is 2.70. The van der Waals surface area contributed by atoms with Gasteiger partial charge in [-0.1, -0.05) is 36.7 Å². The Morgan fingerprint density at radius 1 is 1.18 bits per heavy atom. The van der Waals surface area contributed by atoms with E-state index < -0.39 is 52.3 Å². The molecule has 9 heteroatoms. The van der Waals surface area contributed by atoms with Crippen LogP contribution in [0, 0.1) is 34.5 Å². The Kier molecular flexibility index (Phi) is 7.18. The van der Waals surface area contributed by atoms with Gasteiger partial charge < -0.3 is 10.3 Å². The fourth-order valence-corrected chi connectivity index (χ4v) is 8.71. The number of hydrogen-bond acceptors (Lipinski definition) is 5. The van der Waals surface area contributed by atoms with Crippen molar-refractivity contribution in [2.24, 2.45) is 34.5 Å². The molecule has 0 heterocycles. The number of hydrogen-bond donors (Lipinski definition) is 2. The van der Waals surface area contributed by atoms with Gasteiger partial charge in [0, 0.05) is 35.4 Å². The second-order valence-electron chi connectivity index (χ2n) is 12.0. The number of alkyl halides is 3. The minimum atomic E-state index is -2.21. The summed E-state index contributed by atoms with van der Waals surface area (Å²) in [6.07, 6.45) is 1.00. The van der Waals surface area contributed by atoms with E-state index in [1.165, 1.54) is 18.2 Å². The largest absolute Gasteiger partial charge is 0.390 e. The molecule has 3 fully saturated rings. The summed E-state index contributed by atoms with van der Waals surface area (Å²) in [4.78, 5) is 25.3. The standard InChI is InChI=1S/C29H33Cl2F2NO4/c1-27-12-25(37)29(33)21(11-23(32)22-10-19(35)7-8-28(22,29)2)20(27)9-17(26(27)24(36)13-30)15-34(38)14-16-3-5-18(31)6-4-16/h3-8,10,17,20-21,23,25-26,37-38H,9,11-15H2,1-2H3/t17-,20?,21-,23-,25-,26+,27-,28-,29-/m0/s1. The molecule has 1 aromatic carbocycles. The zero-order valence-electron chi connectivity index (χ0n) is 21.4. The fourth-order valence-electron chi connectivity index (χ4n) is 8.42. The van der Waals surface area contributed by atoms with Crippen molar-refractivity contribution in [2.75, 3.05) is 12.4 Å². The molecular formula is C29H33Cl2F2NO4. The molecule has 0 aliphatic heterocycles. The second kappa shape index (κ2) is 9.77. The molecule has 3 saturated carbocycles. The van der Waals surface area contributed by atoms with Crippen LogP contribution in [0.3, 0.4) is 0 Å². The first-order chi connectivity index (χ1) is 17.8. The monoisotopic (exact) mass is 567 g/mol. The molecule has 1 aromatic rings. The third-order valence-corrected chi connectivity index (χ3v) is 10.5. The maximum absolute atomic E-state index is 17.4. The number of aliphatic hydroxyl groups is 1. The summed E-state index contributed by atoms with van der Waals surface area (Å²) in [6.45, 7) is 3.77. The number of carbonyl (C=O) groups is 2. The molecule has 0 aromatic heterocycles. The molecule has 1 unspecified atom stereocenters. The van der Waals surface area contributed by atoms with Crippen LogP contribution in [0.4, 0.5) is 8.78 Å². The molecular weight excluding hydrogens is 535 g/mol. The number of Topliss-reactive ketones (excluding diaryl/α,β-unsaturated/α-hetero) is 1. The van der Waals surface area contributed by atoms with Crippen LogP contribution in [0.5, 0.6) is 0 Å². The van der Waals surface area contributed by atoms with Crippen molar-refractivity contribution in [1.29, 1.82) is 0 Å². The zero-order chi connectivity index (χ0) is 27.6. The lowest BCUT2D eigenvalue weighted by atomic mass is 9.45. The molecule has 5 rings (SSSR count). The summed E-state index contributed by atoms with van der Waals surface area (Å²) >= 11 is 12.0. The highest BCUT2D eigenvalue weighted by atomic mass is 35.5. The number of hydroxylamine groups is 2. The Bertz CT molecular complexity index is 1190. The Labute approximate surface area is 231 Å². The minimum Gasteiger partial charge on any atom is -0.390 e. The van der Waals surface area contributed by atoms with Gasteiger partial charge in [-0.3, -0.25) is 9.59 Å². The predicted octanol–water partition coefficient (Wildman–Crippen LogP) is 5.50. The first-order valence-electron chi connectivity index (χ1n) is 13.1. The van der Waals surface area contributed by atoms with E-state index in [0.717, 1.165) is 10.6 Å². The van der Waals surface area contributed by atoms with Crippen molar-refractivity contribution in [3.05, 3.63) is 58.7 Å². The average molecular weight is 568 g/mol. The van der Waals surface area contributed by atoms with Crippen molar-refractivity contribution >= 4 is 34.8 Å². The predicted molar refractivity (Wildman–Crippen MR) is 140 cm³/mol. The Morgan fingerprint density at radius 2 is 1.87 bits per heavy atom. The smallest absolute Gasteiger partial charge is 0.178 e. The van der Waals surface area contributed by atoms with Gasteiger partial charge in [0.1, 0.15) is 6.17 Å². The van der Waals surface area contributed by atoms with Crippen LogP contribution in [-0.4, -0.2) is 57.3 Å². The Balaban J connectivity index is 1.49. The topological polar surface area (TPSA) is 77.8 Å². The van der Waals surface area contributed by atoms with Crippen LogP contribution >= 0.6 is 23.2 Å². The van der Waals surface area contributed by atoms with E-state index in [4.69, 9.17) is 23.2 Å². The Morgan fingerprint density at radius 3 is 2.53 bits per heavy atom. The molecule has 206 valence electrons. The van der Waals surface area contributed by atoms with Crippen molar-refractivity contribution in [3.8, 4) is 0 Å². The van der Waals surface area contributed by atoms with E-state index >= 15 is 8.78 Å². The maximum Gasteiger partial charge on any atom is 0.178 e. The van der Waals surface area contributed by atoms with Crippen molar-refractivity contribution in [3.63, 3.8) is 0 Å². The number of halogens is 4. The number of benzene rings is 1. The SMILES string of the molecule is C[C@]12C[C@H](O)[C@@]3(F)[C@@H](C[C@H](F)C4=CC(=O)C=C[C@@]43C)C1C[C@@H](CN(O)Cc1ccc(Cl)cc1)[C@@H]2C(=O)CCl. The maximum atomic E-state index is 17.4. The van der Waals surface area contributed by atoms with Crippen molar-refractivity contribution in [2.45, 2.75) is 57.6 Å². The van der Waals surface area contributed by atoms with Gasteiger partial charge >= 0.3 is 0 Å². The first kappa shape index (κ1) is 27.9. The number of nitrogens with zero attached hydrogens (tertiary/aromatic N) is 1. The highest BCUT2D eigenvalue weighted by molar-refractivity contribution is 6.30. The summed E-state index contributed by atoms with van der Waals surface area (Å²) in [5, 5.41) is 24.0. The summed E-state index contributed by atoms with van der Waals surface area (Å²) < 4.78 is 33.0. The molecule has 9 atom stereocenters. The summed E-state index contributed by atoms with van der Waals surface area (Å²) in [6, 6.07) is 7.05. The molecule has 0 saturated heterocycles. The van der Waals surface area contributed by atoms with Gasteiger partial charge in [-0.15, -0.1) is 11.6 Å². The van der Waals surface area contributed by atoms with Crippen LogP contribution in [-0.2, 0) is 16.1 Å². The average Bonchev–Trinajstić information content (AvgIpc) is 3.14. The number of allylic oxidation sites excluding steroid dienone is 4. The third kappa shape index (κ3) is 4.12. The number of ketones is 2. The quantitative estimate of drug-likeness (QED) is 0.350. The van der Waals surface area contributed by atoms with Crippen LogP contribution in [0.2, 0.25) is 5.02 Å². The summed E-state index contributed by atoms with van der Waals surface area (Å²) in [7, 11) is 0. The molecule has 4 aliphatic carbocycles. The molecule has 5 nitrogen and oxygen atoms in total. The van der Waals surface area contributed by atoms with Gasteiger partial charge in [0.2, 0.25) is 0 Å². The van der Waals surface area contributed by atoms with Crippen molar-refractivity contribution < 1.29 is 28.7 Å². The minimum absolute atomic E-state index is 0.00131. The lowest BCUT2D eigenvalue weighted by molar-refractivity contribution is -0.201. The molecule has 2 N–H and O–H groups in total. The lowest BCUT2D eigenvalue weighted by Crippen LogP contribution is -2.68. The van der Waals surface area contributed by atoms with Crippen LogP contribution in [0.25, 0.3) is 0 Å². The number of carbonyl (C=O) groups excluding carboxylic acids is 2. The highest BCUT2D eigenvalue weighted by Gasteiger charge is 2.73. The molecule has 0 radical (unpaired) electrons. The number of fused-ring (bicyclic) bond motifs is 5. The molecule has 0 spiro atoms. The van der Waals surface area contributed by atoms with Crippen molar-refractivity contribution in [1.82, 2.24) is 5.06 Å². The molecule has 0 bridgehead atoms. The van der Waals surface area contributed by atoms with E-state index in [-0.39, 0.29) is 49.1 Å². The number of aliphatic hydroxyl groups excluding tert-OH is 1. The van der Waals surface area contributed by atoms with Gasteiger partial charge in [0.15, 0.2) is 17.2 Å². The van der Waals surface area contributed by atoms with Gasteiger partial charge in [0.05, 0.1) is 12.0 Å². The second-order valence-corrected chi connectivity index (χ2v) is 12.7. The Hall–Kier alpha value is -1.64. The molecule has 38 heavy (non-hydrogen) atoms. The van der Waals surface area contributed by atoms with Crippen LogP contribution < -0.4 is 0 Å². The van der Waals surface area contributed by atoms with E-state index in [0.29, 0.717) is 11.4 Å². The van der Waals surface area contributed by atoms with Gasteiger partial charge in [-0.25, -0.2) is 8.78 Å². The third-order valence-electron chi connectivity index (χ3n) is 10.0. The first-order valence-corrected chi connectivity index (χ1v) is 14.0. The van der Waals surface area contributed by atoms with E-state index in [2.05, 4.69) is 0 Å². The van der Waals surface area contributed by atoms with E-state index in [9.17, 15) is 19.9 Å². The zero-order valence-corrected chi connectivity index (χ0v) is 22.9. The molecule has 4 aliphatic rings. The van der Waals surface area contributed by atoms with Crippen LogP contribution in [0.15, 0.2) is 48.1 Å². The van der Waals surface area contributed by atoms with Gasteiger partial charge in [-0.2, -0.15) is 5.06 Å².